The van der Waals surface area contributed by atoms with Crippen molar-refractivity contribution in [2.24, 2.45) is 5.92 Å². The lowest BCUT2D eigenvalue weighted by Gasteiger charge is -2.22. The van der Waals surface area contributed by atoms with Crippen molar-refractivity contribution in [2.45, 2.75) is 19.3 Å². The lowest BCUT2D eigenvalue weighted by molar-refractivity contribution is -0.124. The normalized spacial score (nSPS) is 19.6. The van der Waals surface area contributed by atoms with E-state index in [1.54, 1.807) is 0 Å². The molecule has 8 heavy (non-hydrogen) atoms. The molecule has 0 aromatic carbocycles. The molecule has 0 bridgehead atoms. The molecule has 1 saturated carbocycles. The van der Waals surface area contributed by atoms with Gasteiger partial charge in [0.15, 0.2) is 0 Å². The third-order valence-electron chi connectivity index (χ3n) is 1.57. The van der Waals surface area contributed by atoms with Crippen LogP contribution in [0.3, 0.4) is 0 Å². The third-order valence-corrected chi connectivity index (χ3v) is 2.10. The Labute approximate surface area is 62.5 Å². The van der Waals surface area contributed by atoms with Crippen LogP contribution in [0.25, 0.3) is 0 Å². The minimum absolute atomic E-state index is 0.205. The van der Waals surface area contributed by atoms with Crippen molar-refractivity contribution in [2.75, 3.05) is 0 Å². The van der Waals surface area contributed by atoms with Crippen molar-refractivity contribution >= 4 is 28.8 Å². The Kier molecular flexibility index (Phi) is 2.10. The maximum Gasteiger partial charge on any atom is 0.231 e. The molecular formula is C5H8INO. The lowest BCUT2D eigenvalue weighted by atomic mass is 9.85. The first-order valence-electron chi connectivity index (χ1n) is 2.75. The van der Waals surface area contributed by atoms with E-state index in [4.69, 9.17) is 0 Å². The van der Waals surface area contributed by atoms with E-state index in [0.717, 1.165) is 12.8 Å². The van der Waals surface area contributed by atoms with Gasteiger partial charge in [0.1, 0.15) is 0 Å². The Morgan fingerprint density at radius 3 is 2.38 bits per heavy atom. The SMILES string of the molecule is O=C(NI)C1CCC1. The van der Waals surface area contributed by atoms with Crippen molar-refractivity contribution in [3.05, 3.63) is 0 Å². The molecule has 0 atom stereocenters. The van der Waals surface area contributed by atoms with E-state index >= 15 is 0 Å². The van der Waals surface area contributed by atoms with Crippen molar-refractivity contribution in [3.8, 4) is 0 Å². The number of carbonyl (C=O) groups excluding carboxylic acids is 1. The Hall–Kier alpha value is 0.200. The van der Waals surface area contributed by atoms with E-state index in [9.17, 15) is 4.79 Å². The van der Waals surface area contributed by atoms with Gasteiger partial charge in [-0.25, -0.2) is 0 Å². The van der Waals surface area contributed by atoms with Gasteiger partial charge in [-0.15, -0.1) is 0 Å². The number of carbonyl (C=O) groups is 1. The van der Waals surface area contributed by atoms with Gasteiger partial charge in [0.05, 0.1) is 22.9 Å². The van der Waals surface area contributed by atoms with E-state index in [1.807, 2.05) is 22.9 Å². The monoisotopic (exact) mass is 225 g/mol. The van der Waals surface area contributed by atoms with Crippen molar-refractivity contribution < 1.29 is 4.79 Å². The molecule has 0 unspecified atom stereocenters. The molecule has 1 aliphatic carbocycles. The third kappa shape index (κ3) is 1.13. The van der Waals surface area contributed by atoms with Crippen LogP contribution in [0.15, 0.2) is 0 Å². The van der Waals surface area contributed by atoms with Crippen LogP contribution in [0.2, 0.25) is 0 Å². The van der Waals surface area contributed by atoms with Gasteiger partial charge in [0, 0.05) is 5.92 Å². The summed E-state index contributed by atoms with van der Waals surface area (Å²) in [7, 11) is 0. The van der Waals surface area contributed by atoms with Gasteiger partial charge in [-0.05, 0) is 12.8 Å². The largest absolute Gasteiger partial charge is 0.299 e. The topological polar surface area (TPSA) is 29.1 Å². The van der Waals surface area contributed by atoms with Crippen LogP contribution in [0.5, 0.6) is 0 Å². The lowest BCUT2D eigenvalue weighted by Crippen LogP contribution is -2.28. The van der Waals surface area contributed by atoms with Gasteiger partial charge in [0.25, 0.3) is 0 Å². The van der Waals surface area contributed by atoms with E-state index in [1.165, 1.54) is 6.42 Å². The van der Waals surface area contributed by atoms with Gasteiger partial charge in [-0.1, -0.05) is 6.42 Å². The molecule has 1 N–H and O–H groups in total. The van der Waals surface area contributed by atoms with Gasteiger partial charge >= 0.3 is 0 Å². The van der Waals surface area contributed by atoms with Crippen molar-refractivity contribution in [3.63, 3.8) is 0 Å². The zero-order chi connectivity index (χ0) is 5.98. The summed E-state index contributed by atoms with van der Waals surface area (Å²) in [5, 5.41) is 0. The molecule has 0 saturated heterocycles. The summed E-state index contributed by atoms with van der Waals surface area (Å²) in [5.41, 5.74) is 0. The van der Waals surface area contributed by atoms with E-state index in [0.29, 0.717) is 5.92 Å². The summed E-state index contributed by atoms with van der Waals surface area (Å²) in [5.74, 6) is 0.545. The highest BCUT2D eigenvalue weighted by Crippen LogP contribution is 2.26. The highest BCUT2D eigenvalue weighted by Gasteiger charge is 2.23. The molecule has 0 radical (unpaired) electrons. The predicted molar refractivity (Wildman–Crippen MR) is 39.5 cm³/mol. The van der Waals surface area contributed by atoms with Crippen molar-refractivity contribution in [1.29, 1.82) is 0 Å². The van der Waals surface area contributed by atoms with E-state index < -0.39 is 0 Å². The molecule has 1 aliphatic rings. The molecule has 1 fully saturated rings. The number of halogens is 1. The molecule has 0 aromatic rings. The van der Waals surface area contributed by atoms with Crippen molar-refractivity contribution in [1.82, 2.24) is 3.53 Å². The first kappa shape index (κ1) is 6.32. The minimum Gasteiger partial charge on any atom is -0.299 e. The highest BCUT2D eigenvalue weighted by molar-refractivity contribution is 14.1. The average Bonchev–Trinajstić information content (AvgIpc) is 1.62. The van der Waals surface area contributed by atoms with Crippen LogP contribution >= 0.6 is 22.9 Å². The molecule has 0 aliphatic heterocycles. The van der Waals surface area contributed by atoms with Crippen LogP contribution < -0.4 is 3.53 Å². The number of rotatable bonds is 1. The molecule has 0 heterocycles. The van der Waals surface area contributed by atoms with Crippen LogP contribution in [0.1, 0.15) is 19.3 Å². The summed E-state index contributed by atoms with van der Waals surface area (Å²) < 4.78 is 2.60. The Balaban J connectivity index is 2.24. The molecule has 2 nitrogen and oxygen atoms in total. The number of nitrogens with one attached hydrogen (secondary N) is 1. The van der Waals surface area contributed by atoms with Crippen LogP contribution in [0, 0.1) is 5.92 Å². The van der Waals surface area contributed by atoms with E-state index in [2.05, 4.69) is 3.53 Å². The first-order chi connectivity index (χ1) is 3.84. The van der Waals surface area contributed by atoms with Gasteiger partial charge in [-0.3, -0.25) is 8.32 Å². The molecule has 1 amide bonds. The molecule has 0 spiro atoms. The second-order valence-corrected chi connectivity index (χ2v) is 2.63. The maximum atomic E-state index is 10.7. The number of hydrogen-bond donors (Lipinski definition) is 1. The second-order valence-electron chi connectivity index (χ2n) is 2.09. The quantitative estimate of drug-likeness (QED) is 0.528. The zero-order valence-electron chi connectivity index (χ0n) is 4.48. The Morgan fingerprint density at radius 2 is 2.25 bits per heavy atom. The molecule has 3 heteroatoms. The maximum absolute atomic E-state index is 10.7. The highest BCUT2D eigenvalue weighted by atomic mass is 127. The fourth-order valence-corrected chi connectivity index (χ4v) is 1.19. The summed E-state index contributed by atoms with van der Waals surface area (Å²) in [6.45, 7) is 0. The van der Waals surface area contributed by atoms with Gasteiger partial charge in [0.2, 0.25) is 5.91 Å². The molecular weight excluding hydrogens is 217 g/mol. The fraction of sp³-hybridized carbons (Fsp3) is 0.800. The number of amides is 1. The zero-order valence-corrected chi connectivity index (χ0v) is 6.64. The molecule has 46 valence electrons. The average molecular weight is 225 g/mol. The summed E-state index contributed by atoms with van der Waals surface area (Å²) >= 11 is 1.89. The predicted octanol–water partition coefficient (Wildman–Crippen LogP) is 1.25. The minimum atomic E-state index is 0.205. The number of hydrogen-bond acceptors (Lipinski definition) is 1. The standard InChI is InChI=1S/C5H8INO/c6-7-5(8)4-2-1-3-4/h4H,1-3H2,(H,7,8). The van der Waals surface area contributed by atoms with E-state index in [-0.39, 0.29) is 5.91 Å². The molecule has 1 rings (SSSR count). The van der Waals surface area contributed by atoms with Gasteiger partial charge < -0.3 is 0 Å². The summed E-state index contributed by atoms with van der Waals surface area (Å²) in [6, 6.07) is 0. The summed E-state index contributed by atoms with van der Waals surface area (Å²) in [4.78, 5) is 10.7. The Bertz CT molecular complexity index is 101. The second kappa shape index (κ2) is 2.66. The van der Waals surface area contributed by atoms with Crippen LogP contribution in [-0.4, -0.2) is 5.91 Å². The van der Waals surface area contributed by atoms with Gasteiger partial charge in [-0.2, -0.15) is 0 Å². The first-order valence-corrected chi connectivity index (χ1v) is 3.83. The van der Waals surface area contributed by atoms with Crippen LogP contribution in [-0.2, 0) is 4.79 Å². The molecule has 0 aromatic heterocycles. The smallest absolute Gasteiger partial charge is 0.231 e. The Morgan fingerprint density at radius 1 is 1.62 bits per heavy atom. The fourth-order valence-electron chi connectivity index (χ4n) is 0.748. The van der Waals surface area contributed by atoms with Crippen LogP contribution in [0.4, 0.5) is 0 Å². The summed E-state index contributed by atoms with van der Waals surface area (Å²) in [6.07, 6.45) is 3.42.